The van der Waals surface area contributed by atoms with Gasteiger partial charge in [0.1, 0.15) is 0 Å². The predicted molar refractivity (Wildman–Crippen MR) is 84.1 cm³/mol. The first kappa shape index (κ1) is 16.5. The normalized spacial score (nSPS) is 18.9. The molecule has 1 aliphatic rings. The molecule has 0 spiro atoms. The number of likely N-dealkylation sites (N-methyl/N-ethyl adjacent to an activating group) is 1. The van der Waals surface area contributed by atoms with Gasteiger partial charge in [0.25, 0.3) is 5.91 Å². The maximum atomic E-state index is 12.5. The monoisotopic (exact) mass is 346 g/mol. The van der Waals surface area contributed by atoms with E-state index in [4.69, 9.17) is 0 Å². The zero-order valence-corrected chi connectivity index (χ0v) is 13.7. The summed E-state index contributed by atoms with van der Waals surface area (Å²) in [6.07, 6.45) is 2.22. The molecule has 1 heterocycles. The predicted octanol–water partition coefficient (Wildman–Crippen LogP) is 3.00. The van der Waals surface area contributed by atoms with Gasteiger partial charge < -0.3 is 10.2 Å². The van der Waals surface area contributed by atoms with Gasteiger partial charge in [-0.15, -0.1) is 12.4 Å². The van der Waals surface area contributed by atoms with Crippen LogP contribution in [-0.4, -0.2) is 37.0 Å². The lowest BCUT2D eigenvalue weighted by Crippen LogP contribution is -2.47. The SMILES string of the molecule is CNC1CCCN(C(=O)c2cccc(Br)c2C)C1.Cl. The van der Waals surface area contributed by atoms with Crippen LogP contribution in [0.15, 0.2) is 22.7 Å². The van der Waals surface area contributed by atoms with E-state index in [1.165, 1.54) is 0 Å². The molecule has 3 nitrogen and oxygen atoms in total. The average Bonchev–Trinajstić information content (AvgIpc) is 2.41. The van der Waals surface area contributed by atoms with Crippen LogP contribution in [0.4, 0.5) is 0 Å². The van der Waals surface area contributed by atoms with Crippen molar-refractivity contribution in [1.82, 2.24) is 10.2 Å². The molecule has 1 atom stereocenters. The zero-order chi connectivity index (χ0) is 13.1. The minimum atomic E-state index is 0. The molecule has 1 aromatic rings. The lowest BCUT2D eigenvalue weighted by atomic mass is 10.0. The summed E-state index contributed by atoms with van der Waals surface area (Å²) in [5.74, 6) is 0.147. The molecule has 0 aromatic heterocycles. The van der Waals surface area contributed by atoms with Crippen molar-refractivity contribution in [1.29, 1.82) is 0 Å². The smallest absolute Gasteiger partial charge is 0.254 e. The third kappa shape index (κ3) is 3.71. The van der Waals surface area contributed by atoms with Crippen molar-refractivity contribution in [2.24, 2.45) is 0 Å². The maximum Gasteiger partial charge on any atom is 0.254 e. The Kier molecular flexibility index (Phi) is 6.30. The summed E-state index contributed by atoms with van der Waals surface area (Å²) in [5.41, 5.74) is 1.83. The molecule has 1 unspecified atom stereocenters. The fourth-order valence-corrected chi connectivity index (χ4v) is 2.77. The van der Waals surface area contributed by atoms with Crippen molar-refractivity contribution < 1.29 is 4.79 Å². The van der Waals surface area contributed by atoms with E-state index < -0.39 is 0 Å². The Bertz CT molecular complexity index is 453. The lowest BCUT2D eigenvalue weighted by Gasteiger charge is -2.33. The molecule has 2 rings (SSSR count). The van der Waals surface area contributed by atoms with Crippen molar-refractivity contribution in [2.75, 3.05) is 20.1 Å². The van der Waals surface area contributed by atoms with Crippen LogP contribution in [0.25, 0.3) is 0 Å². The van der Waals surface area contributed by atoms with Gasteiger partial charge >= 0.3 is 0 Å². The van der Waals surface area contributed by atoms with Crippen molar-refractivity contribution in [3.05, 3.63) is 33.8 Å². The molecule has 1 saturated heterocycles. The minimum Gasteiger partial charge on any atom is -0.337 e. The molecule has 106 valence electrons. The number of halogens is 2. The summed E-state index contributed by atoms with van der Waals surface area (Å²) >= 11 is 3.48. The number of nitrogens with zero attached hydrogens (tertiary/aromatic N) is 1. The standard InChI is InChI=1S/C14H19BrN2O.ClH/c1-10-12(6-3-7-13(10)15)14(18)17-8-4-5-11(9-17)16-2;/h3,6-7,11,16H,4-5,8-9H2,1-2H3;1H. The van der Waals surface area contributed by atoms with Crippen LogP contribution >= 0.6 is 28.3 Å². The highest BCUT2D eigenvalue weighted by Crippen LogP contribution is 2.22. The number of amides is 1. The van der Waals surface area contributed by atoms with E-state index in [-0.39, 0.29) is 18.3 Å². The van der Waals surface area contributed by atoms with Crippen LogP contribution in [0.1, 0.15) is 28.8 Å². The summed E-state index contributed by atoms with van der Waals surface area (Å²) in [7, 11) is 1.96. The lowest BCUT2D eigenvalue weighted by molar-refractivity contribution is 0.0697. The fraction of sp³-hybridized carbons (Fsp3) is 0.500. The second-order valence-electron chi connectivity index (χ2n) is 4.79. The number of hydrogen-bond acceptors (Lipinski definition) is 2. The molecule has 1 aromatic carbocycles. The summed E-state index contributed by atoms with van der Waals surface area (Å²) in [6.45, 7) is 3.65. The number of rotatable bonds is 2. The topological polar surface area (TPSA) is 32.3 Å². The number of benzene rings is 1. The Morgan fingerprint density at radius 2 is 2.21 bits per heavy atom. The van der Waals surface area contributed by atoms with Crippen LogP contribution in [0.2, 0.25) is 0 Å². The Morgan fingerprint density at radius 3 is 2.89 bits per heavy atom. The second-order valence-corrected chi connectivity index (χ2v) is 5.65. The molecule has 19 heavy (non-hydrogen) atoms. The van der Waals surface area contributed by atoms with Gasteiger partial charge in [0, 0.05) is 29.2 Å². The highest BCUT2D eigenvalue weighted by Gasteiger charge is 2.24. The van der Waals surface area contributed by atoms with Crippen molar-refractivity contribution in [3.63, 3.8) is 0 Å². The van der Waals surface area contributed by atoms with Gasteiger partial charge in [0.15, 0.2) is 0 Å². The van der Waals surface area contributed by atoms with E-state index in [9.17, 15) is 4.79 Å². The Morgan fingerprint density at radius 1 is 1.47 bits per heavy atom. The van der Waals surface area contributed by atoms with E-state index in [1.807, 2.05) is 37.1 Å². The van der Waals surface area contributed by atoms with E-state index in [1.54, 1.807) is 0 Å². The third-order valence-electron chi connectivity index (χ3n) is 3.61. The quantitative estimate of drug-likeness (QED) is 0.892. The fourth-order valence-electron chi connectivity index (χ4n) is 2.41. The molecule has 0 bridgehead atoms. The summed E-state index contributed by atoms with van der Waals surface area (Å²) in [5, 5.41) is 3.26. The number of likely N-dealkylation sites (tertiary alicyclic amines) is 1. The summed E-state index contributed by atoms with van der Waals surface area (Å²) in [6, 6.07) is 6.23. The summed E-state index contributed by atoms with van der Waals surface area (Å²) < 4.78 is 0.996. The van der Waals surface area contributed by atoms with Crippen molar-refractivity contribution >= 4 is 34.2 Å². The number of carbonyl (C=O) groups is 1. The van der Waals surface area contributed by atoms with E-state index >= 15 is 0 Å². The van der Waals surface area contributed by atoms with Gasteiger partial charge in [-0.2, -0.15) is 0 Å². The van der Waals surface area contributed by atoms with Crippen LogP contribution in [0.5, 0.6) is 0 Å². The molecule has 0 radical (unpaired) electrons. The minimum absolute atomic E-state index is 0. The number of hydrogen-bond donors (Lipinski definition) is 1. The maximum absolute atomic E-state index is 12.5. The molecule has 1 N–H and O–H groups in total. The Hall–Kier alpha value is -0.580. The number of nitrogens with one attached hydrogen (secondary N) is 1. The van der Waals surface area contributed by atoms with Crippen molar-refractivity contribution in [3.8, 4) is 0 Å². The molecular weight excluding hydrogens is 328 g/mol. The van der Waals surface area contributed by atoms with Crippen LogP contribution in [0, 0.1) is 6.92 Å². The molecular formula is C14H20BrClN2O. The Balaban J connectivity index is 0.00000180. The van der Waals surface area contributed by atoms with Gasteiger partial charge in [0.05, 0.1) is 0 Å². The van der Waals surface area contributed by atoms with Gasteiger partial charge in [-0.05, 0) is 44.5 Å². The molecule has 1 fully saturated rings. The first-order valence-electron chi connectivity index (χ1n) is 6.35. The highest BCUT2D eigenvalue weighted by molar-refractivity contribution is 9.10. The first-order valence-corrected chi connectivity index (χ1v) is 7.14. The molecule has 5 heteroatoms. The van der Waals surface area contributed by atoms with Gasteiger partial charge in [-0.3, -0.25) is 4.79 Å². The van der Waals surface area contributed by atoms with Crippen LogP contribution in [-0.2, 0) is 0 Å². The molecule has 1 aliphatic heterocycles. The number of carbonyl (C=O) groups excluding carboxylic acids is 1. The molecule has 0 saturated carbocycles. The van der Waals surface area contributed by atoms with Crippen LogP contribution in [0.3, 0.4) is 0 Å². The average molecular weight is 348 g/mol. The first-order chi connectivity index (χ1) is 8.63. The molecule has 0 aliphatic carbocycles. The van der Waals surface area contributed by atoms with Crippen molar-refractivity contribution in [2.45, 2.75) is 25.8 Å². The van der Waals surface area contributed by atoms with E-state index in [0.717, 1.165) is 41.5 Å². The molecule has 1 amide bonds. The van der Waals surface area contributed by atoms with Gasteiger partial charge in [0.2, 0.25) is 0 Å². The zero-order valence-electron chi connectivity index (χ0n) is 11.3. The van der Waals surface area contributed by atoms with E-state index in [0.29, 0.717) is 6.04 Å². The number of piperidine rings is 1. The highest BCUT2D eigenvalue weighted by atomic mass is 79.9. The Labute approximate surface area is 129 Å². The summed E-state index contributed by atoms with van der Waals surface area (Å²) in [4.78, 5) is 14.5. The largest absolute Gasteiger partial charge is 0.337 e. The van der Waals surface area contributed by atoms with E-state index in [2.05, 4.69) is 21.2 Å². The van der Waals surface area contributed by atoms with Gasteiger partial charge in [-0.25, -0.2) is 0 Å². The van der Waals surface area contributed by atoms with Gasteiger partial charge in [-0.1, -0.05) is 22.0 Å². The second kappa shape index (κ2) is 7.27. The van der Waals surface area contributed by atoms with Crippen LogP contribution < -0.4 is 5.32 Å². The third-order valence-corrected chi connectivity index (χ3v) is 4.47.